The fourth-order valence-corrected chi connectivity index (χ4v) is 8.81. The van der Waals surface area contributed by atoms with Gasteiger partial charge in [-0.05, 0) is 74.2 Å². The molecule has 0 radical (unpaired) electrons. The second-order valence-corrected chi connectivity index (χ2v) is 13.2. The number of piperidine rings is 1. The maximum Gasteiger partial charge on any atom is 0.418 e. The topological polar surface area (TPSA) is 109 Å². The lowest BCUT2D eigenvalue weighted by Crippen LogP contribution is -2.43. The van der Waals surface area contributed by atoms with Gasteiger partial charge in [0.25, 0.3) is 10.0 Å². The minimum Gasteiger partial charge on any atom is -0.339 e. The molecule has 2 atom stereocenters. The summed E-state index contributed by atoms with van der Waals surface area (Å²) in [6, 6.07) is 12.0. The van der Waals surface area contributed by atoms with Crippen molar-refractivity contribution < 1.29 is 30.0 Å². The molecule has 2 unspecified atom stereocenters. The Morgan fingerprint density at radius 3 is 2.31 bits per heavy atom. The van der Waals surface area contributed by atoms with Crippen molar-refractivity contribution in [2.24, 2.45) is 4.40 Å². The van der Waals surface area contributed by atoms with Crippen LogP contribution in [0, 0.1) is 0 Å². The Balaban J connectivity index is 1.27. The second-order valence-electron chi connectivity index (χ2n) is 9.82. The molecule has 6 rings (SSSR count). The second kappa shape index (κ2) is 9.14. The quantitative estimate of drug-likeness (QED) is 0.467. The van der Waals surface area contributed by atoms with Crippen LogP contribution in [0.5, 0.6) is 0 Å². The SMILES string of the molecule is O=S1(=O)N=C(Nc2ccc(S(=O)(=O)N3C4CCCC3CC4)cc2)c2ccc(-c3ncccc3C(F)(F)F)cc21. The molecular formula is C26H23F3N4O4S2. The lowest BCUT2D eigenvalue weighted by Gasteiger charge is -2.33. The first-order valence-corrected chi connectivity index (χ1v) is 15.3. The summed E-state index contributed by atoms with van der Waals surface area (Å²) >= 11 is 0. The number of rotatable bonds is 4. The molecule has 1 aromatic heterocycles. The molecule has 0 amide bonds. The van der Waals surface area contributed by atoms with Crippen molar-refractivity contribution >= 4 is 31.6 Å². The number of hydrogen-bond acceptors (Lipinski definition) is 6. The summed E-state index contributed by atoms with van der Waals surface area (Å²) in [6.45, 7) is 0. The van der Waals surface area contributed by atoms with E-state index in [0.29, 0.717) is 5.69 Å². The number of aromatic nitrogens is 1. The number of alkyl halides is 3. The number of benzene rings is 2. The Kier molecular flexibility index (Phi) is 6.08. The molecule has 0 aliphatic carbocycles. The van der Waals surface area contributed by atoms with E-state index >= 15 is 0 Å². The van der Waals surface area contributed by atoms with Gasteiger partial charge in [0.15, 0.2) is 5.84 Å². The first-order chi connectivity index (χ1) is 18.4. The van der Waals surface area contributed by atoms with Gasteiger partial charge in [-0.25, -0.2) is 8.42 Å². The van der Waals surface area contributed by atoms with Gasteiger partial charge in [0.05, 0.1) is 16.2 Å². The van der Waals surface area contributed by atoms with E-state index < -0.39 is 31.8 Å². The van der Waals surface area contributed by atoms with Crippen LogP contribution in [0.1, 0.15) is 43.2 Å². The lowest BCUT2D eigenvalue weighted by molar-refractivity contribution is -0.137. The zero-order chi connectivity index (χ0) is 27.6. The molecule has 2 aromatic carbocycles. The lowest BCUT2D eigenvalue weighted by atomic mass is 10.0. The molecule has 1 N–H and O–H groups in total. The van der Waals surface area contributed by atoms with Crippen molar-refractivity contribution in [2.75, 3.05) is 5.32 Å². The molecule has 0 saturated carbocycles. The number of nitrogens with one attached hydrogen (secondary N) is 1. The van der Waals surface area contributed by atoms with Crippen LogP contribution in [-0.4, -0.2) is 44.0 Å². The summed E-state index contributed by atoms with van der Waals surface area (Å²) in [5.74, 6) is -0.0155. The molecule has 3 aliphatic rings. The Hall–Kier alpha value is -3.29. The van der Waals surface area contributed by atoms with Crippen LogP contribution >= 0.6 is 0 Å². The van der Waals surface area contributed by atoms with Crippen LogP contribution < -0.4 is 5.32 Å². The van der Waals surface area contributed by atoms with E-state index in [9.17, 15) is 30.0 Å². The third kappa shape index (κ3) is 4.51. The summed E-state index contributed by atoms with van der Waals surface area (Å²) in [5, 5.41) is 2.90. The molecule has 8 nitrogen and oxygen atoms in total. The minimum atomic E-state index is -4.67. The van der Waals surface area contributed by atoms with Crippen LogP contribution in [0.4, 0.5) is 18.9 Å². The highest BCUT2D eigenvalue weighted by atomic mass is 32.2. The number of sulfonamides is 2. The number of nitrogens with zero attached hydrogens (tertiary/aromatic N) is 3. The molecule has 3 aromatic rings. The van der Waals surface area contributed by atoms with Crippen molar-refractivity contribution in [1.82, 2.24) is 9.29 Å². The Labute approximate surface area is 223 Å². The Bertz CT molecular complexity index is 1690. The first-order valence-electron chi connectivity index (χ1n) is 12.4. The predicted molar refractivity (Wildman–Crippen MR) is 138 cm³/mol. The molecule has 39 heavy (non-hydrogen) atoms. The normalized spacial score (nSPS) is 22.4. The van der Waals surface area contributed by atoms with E-state index in [1.54, 1.807) is 4.31 Å². The third-order valence-electron chi connectivity index (χ3n) is 7.43. The summed E-state index contributed by atoms with van der Waals surface area (Å²) in [5.41, 5.74) is -0.783. The average molecular weight is 577 g/mol. The van der Waals surface area contributed by atoms with Crippen molar-refractivity contribution in [3.63, 3.8) is 0 Å². The van der Waals surface area contributed by atoms with E-state index in [-0.39, 0.29) is 44.5 Å². The molecule has 4 heterocycles. The van der Waals surface area contributed by atoms with Gasteiger partial charge in [-0.3, -0.25) is 4.98 Å². The van der Waals surface area contributed by atoms with E-state index in [2.05, 4.69) is 14.7 Å². The van der Waals surface area contributed by atoms with Crippen molar-refractivity contribution in [3.8, 4) is 11.3 Å². The van der Waals surface area contributed by atoms with Crippen LogP contribution in [0.3, 0.4) is 0 Å². The predicted octanol–water partition coefficient (Wildman–Crippen LogP) is 5.03. The summed E-state index contributed by atoms with van der Waals surface area (Å²) in [6.07, 6.45) is 1.04. The van der Waals surface area contributed by atoms with Gasteiger partial charge in [-0.15, -0.1) is 4.40 Å². The third-order valence-corrected chi connectivity index (χ3v) is 10.8. The van der Waals surface area contributed by atoms with Crippen LogP contribution in [-0.2, 0) is 26.2 Å². The smallest absolute Gasteiger partial charge is 0.339 e. The van der Waals surface area contributed by atoms with E-state index in [1.807, 2.05) is 0 Å². The van der Waals surface area contributed by atoms with Gasteiger partial charge >= 0.3 is 6.18 Å². The molecule has 2 bridgehead atoms. The van der Waals surface area contributed by atoms with E-state index in [1.165, 1.54) is 42.6 Å². The Morgan fingerprint density at radius 2 is 1.64 bits per heavy atom. The standard InChI is InChI=1S/C26H23F3N4O4S2/c27-26(28,29)22-5-2-14-30-24(22)16-6-13-21-23(15-16)38(34,35)32-25(21)31-17-7-11-20(12-8-17)39(36,37)33-18-3-1-4-19(33)10-9-18/h2,5-8,11-15,18-19H,1,3-4,9-10H2,(H,31,32). The molecule has 2 saturated heterocycles. The number of halogens is 3. The van der Waals surface area contributed by atoms with E-state index in [4.69, 9.17) is 0 Å². The molecule has 13 heteroatoms. The average Bonchev–Trinajstić information content (AvgIpc) is 3.32. The zero-order valence-electron chi connectivity index (χ0n) is 20.4. The monoisotopic (exact) mass is 576 g/mol. The van der Waals surface area contributed by atoms with Crippen LogP contribution in [0.2, 0.25) is 0 Å². The molecule has 3 aliphatic heterocycles. The highest BCUT2D eigenvalue weighted by Gasteiger charge is 2.44. The number of anilines is 1. The molecule has 2 fully saturated rings. The minimum absolute atomic E-state index is 0.0112. The van der Waals surface area contributed by atoms with Crippen molar-refractivity contribution in [2.45, 2.75) is 60.2 Å². The van der Waals surface area contributed by atoms with Crippen LogP contribution in [0.25, 0.3) is 11.3 Å². The van der Waals surface area contributed by atoms with Crippen molar-refractivity contribution in [3.05, 3.63) is 71.9 Å². The maximum absolute atomic E-state index is 13.5. The number of hydrogen-bond donors (Lipinski definition) is 1. The first kappa shape index (κ1) is 26.0. The largest absolute Gasteiger partial charge is 0.418 e. The van der Waals surface area contributed by atoms with Crippen LogP contribution in [0.15, 0.2) is 75.0 Å². The fourth-order valence-electron chi connectivity index (χ4n) is 5.68. The van der Waals surface area contributed by atoms with Gasteiger partial charge in [-0.2, -0.15) is 25.9 Å². The van der Waals surface area contributed by atoms with Gasteiger partial charge in [0, 0.05) is 35.1 Å². The van der Waals surface area contributed by atoms with Gasteiger partial charge in [0.1, 0.15) is 4.90 Å². The summed E-state index contributed by atoms with van der Waals surface area (Å²) < 4.78 is 98.1. The molecule has 204 valence electrons. The number of amidine groups is 1. The van der Waals surface area contributed by atoms with E-state index in [0.717, 1.165) is 50.3 Å². The number of pyridine rings is 1. The van der Waals surface area contributed by atoms with Crippen molar-refractivity contribution in [1.29, 1.82) is 0 Å². The number of fused-ring (bicyclic) bond motifs is 3. The van der Waals surface area contributed by atoms with Gasteiger partial charge in [0.2, 0.25) is 10.0 Å². The maximum atomic E-state index is 13.5. The van der Waals surface area contributed by atoms with Gasteiger partial charge in [-0.1, -0.05) is 12.5 Å². The molecule has 0 spiro atoms. The summed E-state index contributed by atoms with van der Waals surface area (Å²) in [4.78, 5) is 3.74. The zero-order valence-corrected chi connectivity index (χ0v) is 22.0. The molecular weight excluding hydrogens is 553 g/mol. The highest BCUT2D eigenvalue weighted by Crippen LogP contribution is 2.40. The summed E-state index contributed by atoms with van der Waals surface area (Å²) in [7, 11) is -7.85. The fraction of sp³-hybridized carbons (Fsp3) is 0.308. The van der Waals surface area contributed by atoms with Gasteiger partial charge < -0.3 is 5.32 Å². The Morgan fingerprint density at radius 1 is 0.949 bits per heavy atom. The highest BCUT2D eigenvalue weighted by molar-refractivity contribution is 7.90.